The summed E-state index contributed by atoms with van der Waals surface area (Å²) in [4.78, 5) is 24.7. The van der Waals surface area contributed by atoms with Crippen molar-refractivity contribution in [1.29, 1.82) is 0 Å². The van der Waals surface area contributed by atoms with Crippen LogP contribution in [0.2, 0.25) is 0 Å². The molecular weight excluding hydrogens is 330 g/mol. The predicted octanol–water partition coefficient (Wildman–Crippen LogP) is 2.27. The molecule has 0 saturated carbocycles. The molecule has 0 spiro atoms. The molecular formula is C19H19N5O2. The van der Waals surface area contributed by atoms with Crippen LogP contribution in [0, 0.1) is 0 Å². The predicted molar refractivity (Wildman–Crippen MR) is 96.5 cm³/mol. The lowest BCUT2D eigenvalue weighted by molar-refractivity contribution is 0.0959. The minimum atomic E-state index is -0.497. The first-order valence-electron chi connectivity index (χ1n) is 8.37. The van der Waals surface area contributed by atoms with Crippen molar-refractivity contribution < 1.29 is 9.59 Å². The lowest BCUT2D eigenvalue weighted by atomic mass is 10.1. The number of nitrogens with zero attached hydrogens (tertiary/aromatic N) is 4. The minimum Gasteiger partial charge on any atom is -0.366 e. The number of amides is 1. The first-order chi connectivity index (χ1) is 12.6. The molecule has 132 valence electrons. The molecule has 2 N–H and O–H groups in total. The summed E-state index contributed by atoms with van der Waals surface area (Å²) in [6, 6.07) is 14.2. The van der Waals surface area contributed by atoms with Gasteiger partial charge in [0.2, 0.25) is 11.7 Å². The fraction of sp³-hybridized carbons (Fsp3) is 0.211. The van der Waals surface area contributed by atoms with E-state index in [2.05, 4.69) is 22.3 Å². The van der Waals surface area contributed by atoms with Crippen LogP contribution in [0.25, 0.3) is 11.4 Å². The smallest absolute Gasteiger partial charge is 0.248 e. The molecule has 1 heterocycles. The summed E-state index contributed by atoms with van der Waals surface area (Å²) in [6.07, 6.45) is 2.07. The monoisotopic (exact) mass is 349 g/mol. The van der Waals surface area contributed by atoms with Gasteiger partial charge >= 0.3 is 0 Å². The second kappa shape index (κ2) is 7.69. The first kappa shape index (κ1) is 17.5. The summed E-state index contributed by atoms with van der Waals surface area (Å²) < 4.78 is 0. The number of aromatic nitrogens is 4. The summed E-state index contributed by atoms with van der Waals surface area (Å²) in [5.74, 6) is -0.197. The van der Waals surface area contributed by atoms with Gasteiger partial charge in [0.15, 0.2) is 5.78 Å². The Morgan fingerprint density at radius 1 is 1.00 bits per heavy atom. The molecule has 2 aromatic carbocycles. The van der Waals surface area contributed by atoms with E-state index in [1.54, 1.807) is 24.3 Å². The van der Waals surface area contributed by atoms with Crippen LogP contribution in [-0.2, 0) is 13.0 Å². The van der Waals surface area contributed by atoms with Gasteiger partial charge < -0.3 is 5.73 Å². The highest BCUT2D eigenvalue weighted by atomic mass is 16.1. The van der Waals surface area contributed by atoms with Crippen molar-refractivity contribution >= 4 is 11.7 Å². The maximum Gasteiger partial charge on any atom is 0.248 e. The molecule has 1 amide bonds. The van der Waals surface area contributed by atoms with Gasteiger partial charge in [-0.15, -0.1) is 10.2 Å². The van der Waals surface area contributed by atoms with Gasteiger partial charge in [-0.05, 0) is 29.3 Å². The topological polar surface area (TPSA) is 104 Å². The normalized spacial score (nSPS) is 10.7. The summed E-state index contributed by atoms with van der Waals surface area (Å²) in [5.41, 5.74) is 8.15. The van der Waals surface area contributed by atoms with Gasteiger partial charge in [0.05, 0.1) is 0 Å². The van der Waals surface area contributed by atoms with Crippen molar-refractivity contribution in [2.24, 2.45) is 5.73 Å². The van der Waals surface area contributed by atoms with Crippen molar-refractivity contribution in [3.8, 4) is 11.4 Å². The fourth-order valence-electron chi connectivity index (χ4n) is 2.58. The molecule has 3 rings (SSSR count). The average molecular weight is 349 g/mol. The van der Waals surface area contributed by atoms with E-state index in [9.17, 15) is 9.59 Å². The Hall–Kier alpha value is -3.35. The fourth-order valence-corrected chi connectivity index (χ4v) is 2.58. The molecule has 0 aliphatic rings. The van der Waals surface area contributed by atoms with Crippen LogP contribution in [0.3, 0.4) is 0 Å². The zero-order valence-electron chi connectivity index (χ0n) is 14.4. The molecule has 7 nitrogen and oxygen atoms in total. The van der Waals surface area contributed by atoms with Crippen LogP contribution in [0.1, 0.15) is 39.6 Å². The summed E-state index contributed by atoms with van der Waals surface area (Å²) in [6.45, 7) is 2.13. The highest BCUT2D eigenvalue weighted by Crippen LogP contribution is 2.14. The molecule has 0 atom stereocenters. The van der Waals surface area contributed by atoms with Gasteiger partial charge in [0, 0.05) is 16.7 Å². The molecule has 0 unspecified atom stereocenters. The van der Waals surface area contributed by atoms with E-state index in [-0.39, 0.29) is 12.3 Å². The minimum absolute atomic E-state index is 0.0134. The van der Waals surface area contributed by atoms with Gasteiger partial charge in [-0.25, -0.2) is 0 Å². The molecule has 26 heavy (non-hydrogen) atoms. The summed E-state index contributed by atoms with van der Waals surface area (Å²) in [7, 11) is 0. The lowest BCUT2D eigenvalue weighted by Crippen LogP contribution is -2.13. The van der Waals surface area contributed by atoms with Crippen LogP contribution < -0.4 is 5.73 Å². The van der Waals surface area contributed by atoms with Crippen molar-refractivity contribution in [3.63, 3.8) is 0 Å². The Morgan fingerprint density at radius 2 is 1.65 bits per heavy atom. The summed E-state index contributed by atoms with van der Waals surface area (Å²) in [5, 5.41) is 12.1. The van der Waals surface area contributed by atoms with E-state index in [1.807, 2.05) is 24.3 Å². The molecule has 3 aromatic rings. The van der Waals surface area contributed by atoms with Crippen molar-refractivity contribution in [3.05, 3.63) is 65.2 Å². The maximum absolute atomic E-state index is 12.4. The molecule has 0 fully saturated rings. The number of aryl methyl sites for hydroxylation is 1. The number of hydrogen-bond acceptors (Lipinski definition) is 5. The van der Waals surface area contributed by atoms with E-state index in [4.69, 9.17) is 5.73 Å². The van der Waals surface area contributed by atoms with Crippen LogP contribution >= 0.6 is 0 Å². The molecule has 1 aromatic heterocycles. The third kappa shape index (κ3) is 4.00. The molecule has 0 bridgehead atoms. The number of hydrogen-bond donors (Lipinski definition) is 1. The number of benzene rings is 2. The Balaban J connectivity index is 1.69. The molecule has 7 heteroatoms. The van der Waals surface area contributed by atoms with Crippen molar-refractivity contribution in [1.82, 2.24) is 20.2 Å². The third-order valence-corrected chi connectivity index (χ3v) is 3.98. The zero-order valence-corrected chi connectivity index (χ0v) is 14.4. The molecule has 0 aliphatic heterocycles. The standard InChI is InChI=1S/C19H19N5O2/c1-2-3-13-4-6-14(7-5-13)17(25)12-24-22-19(21-23-24)16-10-8-15(9-11-16)18(20)26/h4-11H,2-3,12H2,1H3,(H2,20,26). The third-order valence-electron chi connectivity index (χ3n) is 3.98. The Kier molecular flexibility index (Phi) is 5.17. The van der Waals surface area contributed by atoms with Crippen LogP contribution in [-0.4, -0.2) is 31.9 Å². The molecule has 0 aliphatic carbocycles. The van der Waals surface area contributed by atoms with E-state index in [0.717, 1.165) is 12.8 Å². The number of nitrogens with two attached hydrogens (primary N) is 1. The highest BCUT2D eigenvalue weighted by Gasteiger charge is 2.12. The van der Waals surface area contributed by atoms with Gasteiger partial charge in [0.1, 0.15) is 6.54 Å². The molecule has 0 radical (unpaired) electrons. The SMILES string of the molecule is CCCc1ccc(C(=O)Cn2nnc(-c3ccc(C(N)=O)cc3)n2)cc1. The number of carbonyl (C=O) groups excluding carboxylic acids is 2. The van der Waals surface area contributed by atoms with Crippen LogP contribution in [0.4, 0.5) is 0 Å². The second-order valence-electron chi connectivity index (χ2n) is 5.96. The van der Waals surface area contributed by atoms with Gasteiger partial charge in [0.25, 0.3) is 0 Å². The van der Waals surface area contributed by atoms with Crippen LogP contribution in [0.15, 0.2) is 48.5 Å². The number of carbonyl (C=O) groups is 2. The maximum atomic E-state index is 12.4. The molecule has 0 saturated heterocycles. The zero-order chi connectivity index (χ0) is 18.5. The Labute approximate surface area is 150 Å². The number of rotatable bonds is 7. The van der Waals surface area contributed by atoms with Crippen molar-refractivity contribution in [2.45, 2.75) is 26.3 Å². The lowest BCUT2D eigenvalue weighted by Gasteiger charge is -2.02. The summed E-state index contributed by atoms with van der Waals surface area (Å²) >= 11 is 0. The number of ketones is 1. The van der Waals surface area contributed by atoms with E-state index in [1.165, 1.54) is 10.4 Å². The Bertz CT molecular complexity index is 914. The largest absolute Gasteiger partial charge is 0.366 e. The number of primary amides is 1. The van der Waals surface area contributed by atoms with Gasteiger partial charge in [-0.2, -0.15) is 4.80 Å². The average Bonchev–Trinajstić information content (AvgIpc) is 3.11. The second-order valence-corrected chi connectivity index (χ2v) is 5.96. The Morgan fingerprint density at radius 3 is 2.27 bits per heavy atom. The van der Waals surface area contributed by atoms with E-state index >= 15 is 0 Å². The van der Waals surface area contributed by atoms with Crippen molar-refractivity contribution in [2.75, 3.05) is 0 Å². The number of Topliss-reactive ketones (excluding diaryl/α,β-unsaturated/α-hetero) is 1. The quantitative estimate of drug-likeness (QED) is 0.659. The highest BCUT2D eigenvalue weighted by molar-refractivity contribution is 5.95. The van der Waals surface area contributed by atoms with Crippen LogP contribution in [0.5, 0.6) is 0 Å². The van der Waals surface area contributed by atoms with Gasteiger partial charge in [-0.3, -0.25) is 9.59 Å². The van der Waals surface area contributed by atoms with Gasteiger partial charge in [-0.1, -0.05) is 49.7 Å². The first-order valence-corrected chi connectivity index (χ1v) is 8.37. The van der Waals surface area contributed by atoms with E-state index < -0.39 is 5.91 Å². The number of tetrazole rings is 1. The van der Waals surface area contributed by atoms with E-state index in [0.29, 0.717) is 22.5 Å².